The molecule has 0 fully saturated rings. The molecule has 6 nitrogen and oxygen atoms in total. The number of carbonyl (C=O) groups excluding carboxylic acids is 1. The predicted molar refractivity (Wildman–Crippen MR) is 101 cm³/mol. The molecule has 1 amide bonds. The number of nitrogens with one attached hydrogen (secondary N) is 1. The van der Waals surface area contributed by atoms with E-state index >= 15 is 0 Å². The number of aromatic nitrogens is 3. The number of fused-ring (bicyclic) bond motifs is 1. The van der Waals surface area contributed by atoms with Gasteiger partial charge in [0.15, 0.2) is 0 Å². The summed E-state index contributed by atoms with van der Waals surface area (Å²) in [6, 6.07) is 11.2. The van der Waals surface area contributed by atoms with Gasteiger partial charge in [-0.05, 0) is 36.9 Å². The number of hydrogen-bond acceptors (Lipinski definition) is 4. The van der Waals surface area contributed by atoms with E-state index in [9.17, 15) is 9.59 Å². The van der Waals surface area contributed by atoms with Crippen molar-refractivity contribution in [2.45, 2.75) is 32.0 Å². The van der Waals surface area contributed by atoms with Gasteiger partial charge in [0, 0.05) is 6.54 Å². The number of para-hydroxylation sites is 2. The van der Waals surface area contributed by atoms with Crippen LogP contribution in [-0.4, -0.2) is 25.8 Å². The summed E-state index contributed by atoms with van der Waals surface area (Å²) in [6.45, 7) is 4.51. The summed E-state index contributed by atoms with van der Waals surface area (Å²) in [6.07, 6.45) is 1.63. The van der Waals surface area contributed by atoms with Gasteiger partial charge in [-0.2, -0.15) is 0 Å². The molecular weight excluding hydrogens is 336 g/mol. The van der Waals surface area contributed by atoms with Crippen LogP contribution < -0.4 is 11.0 Å². The molecule has 0 spiro atoms. The molecule has 3 aromatic rings. The lowest BCUT2D eigenvalue weighted by molar-refractivity contribution is -0.116. The fourth-order valence-corrected chi connectivity index (χ4v) is 3.35. The molecule has 7 heteroatoms. The van der Waals surface area contributed by atoms with Crippen LogP contribution in [0, 0.1) is 0 Å². The summed E-state index contributed by atoms with van der Waals surface area (Å²) in [5, 5.41) is 3.72. The van der Waals surface area contributed by atoms with Crippen LogP contribution in [0.2, 0.25) is 0 Å². The summed E-state index contributed by atoms with van der Waals surface area (Å²) in [4.78, 5) is 29.2. The molecule has 0 aliphatic rings. The van der Waals surface area contributed by atoms with Crippen molar-refractivity contribution in [3.63, 3.8) is 0 Å². The van der Waals surface area contributed by atoms with E-state index in [0.717, 1.165) is 21.8 Å². The van der Waals surface area contributed by atoms with Crippen LogP contribution in [0.1, 0.15) is 13.8 Å². The third-order valence-corrected chi connectivity index (χ3v) is 4.68. The van der Waals surface area contributed by atoms with E-state index in [2.05, 4.69) is 17.2 Å². The van der Waals surface area contributed by atoms with E-state index in [0.29, 0.717) is 12.2 Å². The van der Waals surface area contributed by atoms with Crippen LogP contribution >= 0.6 is 11.8 Å². The molecule has 0 unspecified atom stereocenters. The first kappa shape index (κ1) is 17.3. The maximum Gasteiger partial charge on any atom is 0.329 e. The molecule has 1 aromatic carbocycles. The van der Waals surface area contributed by atoms with Gasteiger partial charge in [0.2, 0.25) is 5.91 Å². The minimum Gasteiger partial charge on any atom is -0.323 e. The number of amides is 1. The largest absolute Gasteiger partial charge is 0.329 e. The number of anilines is 1. The Balaban J connectivity index is 1.80. The lowest BCUT2D eigenvalue weighted by atomic mass is 10.3. The zero-order valence-electron chi connectivity index (χ0n) is 14.2. The van der Waals surface area contributed by atoms with Crippen LogP contribution in [0.5, 0.6) is 0 Å². The summed E-state index contributed by atoms with van der Waals surface area (Å²) in [7, 11) is 0. The summed E-state index contributed by atoms with van der Waals surface area (Å²) < 4.78 is 3.17. The molecular formula is C18H20N4O2S. The SMILES string of the molecule is CCSc1ccc(NC(=O)Cn2c(=O)n(CC)c3ccccc32)cn1. The van der Waals surface area contributed by atoms with E-state index in [1.807, 2.05) is 43.3 Å². The quantitative estimate of drug-likeness (QED) is 0.690. The Bertz CT molecular complexity index is 944. The topological polar surface area (TPSA) is 68.9 Å². The monoisotopic (exact) mass is 356 g/mol. The Kier molecular flexibility index (Phi) is 5.23. The molecule has 1 N–H and O–H groups in total. The number of benzene rings is 1. The van der Waals surface area contributed by atoms with Gasteiger partial charge < -0.3 is 5.32 Å². The smallest absolute Gasteiger partial charge is 0.323 e. The minimum atomic E-state index is -0.251. The molecule has 2 aromatic heterocycles. The number of pyridine rings is 1. The third kappa shape index (κ3) is 3.61. The van der Waals surface area contributed by atoms with Gasteiger partial charge in [-0.1, -0.05) is 19.1 Å². The van der Waals surface area contributed by atoms with Gasteiger partial charge in [-0.3, -0.25) is 13.9 Å². The molecule has 3 rings (SSSR count). The lowest BCUT2D eigenvalue weighted by Crippen LogP contribution is -2.29. The Labute approximate surface area is 149 Å². The highest BCUT2D eigenvalue weighted by Crippen LogP contribution is 2.17. The van der Waals surface area contributed by atoms with Gasteiger partial charge in [0.25, 0.3) is 0 Å². The van der Waals surface area contributed by atoms with Crippen molar-refractivity contribution in [1.82, 2.24) is 14.1 Å². The number of rotatable bonds is 6. The summed E-state index contributed by atoms with van der Waals surface area (Å²) >= 11 is 1.64. The standard InChI is InChI=1S/C18H20N4O2S/c1-3-21-14-7-5-6-8-15(14)22(18(21)24)12-16(23)20-13-9-10-17(19-11-13)25-4-2/h5-11H,3-4,12H2,1-2H3,(H,20,23). The first-order chi connectivity index (χ1) is 12.1. The lowest BCUT2D eigenvalue weighted by Gasteiger charge is -2.06. The van der Waals surface area contributed by atoms with Crippen LogP contribution in [0.25, 0.3) is 11.0 Å². The Morgan fingerprint density at radius 1 is 1.12 bits per heavy atom. The van der Waals surface area contributed by atoms with Crippen molar-refractivity contribution < 1.29 is 4.79 Å². The second kappa shape index (κ2) is 7.57. The van der Waals surface area contributed by atoms with Gasteiger partial charge in [-0.25, -0.2) is 9.78 Å². The zero-order chi connectivity index (χ0) is 17.8. The van der Waals surface area contributed by atoms with Crippen molar-refractivity contribution in [1.29, 1.82) is 0 Å². The van der Waals surface area contributed by atoms with E-state index in [-0.39, 0.29) is 18.1 Å². The van der Waals surface area contributed by atoms with Crippen molar-refractivity contribution in [3.05, 3.63) is 53.1 Å². The number of hydrogen-bond donors (Lipinski definition) is 1. The molecule has 2 heterocycles. The van der Waals surface area contributed by atoms with E-state index < -0.39 is 0 Å². The normalized spacial score (nSPS) is 11.0. The minimum absolute atomic E-state index is 0.0300. The van der Waals surface area contributed by atoms with Gasteiger partial charge in [0.1, 0.15) is 6.54 Å². The van der Waals surface area contributed by atoms with Crippen molar-refractivity contribution in [2.24, 2.45) is 0 Å². The number of nitrogens with zero attached hydrogens (tertiary/aromatic N) is 3. The average Bonchev–Trinajstić information content (AvgIpc) is 2.88. The molecule has 25 heavy (non-hydrogen) atoms. The van der Waals surface area contributed by atoms with Gasteiger partial charge >= 0.3 is 5.69 Å². The first-order valence-corrected chi connectivity index (χ1v) is 9.19. The predicted octanol–water partition coefficient (Wildman–Crippen LogP) is 2.97. The van der Waals surface area contributed by atoms with Gasteiger partial charge in [0.05, 0.1) is 27.9 Å². The molecule has 0 aliphatic heterocycles. The number of carbonyl (C=O) groups is 1. The molecule has 0 radical (unpaired) electrons. The first-order valence-electron chi connectivity index (χ1n) is 8.20. The Morgan fingerprint density at radius 2 is 1.84 bits per heavy atom. The van der Waals surface area contributed by atoms with E-state index in [1.165, 1.54) is 4.57 Å². The fourth-order valence-electron chi connectivity index (χ4n) is 2.76. The van der Waals surface area contributed by atoms with E-state index in [4.69, 9.17) is 0 Å². The van der Waals surface area contributed by atoms with Crippen molar-refractivity contribution in [2.75, 3.05) is 11.1 Å². The molecule has 0 aliphatic carbocycles. The summed E-state index contributed by atoms with van der Waals surface area (Å²) in [5.74, 6) is 0.696. The maximum atomic E-state index is 12.6. The van der Waals surface area contributed by atoms with E-state index in [1.54, 1.807) is 22.5 Å². The molecule has 130 valence electrons. The molecule has 0 atom stereocenters. The molecule has 0 saturated heterocycles. The third-order valence-electron chi connectivity index (χ3n) is 3.86. The zero-order valence-corrected chi connectivity index (χ0v) is 15.0. The number of aryl methyl sites for hydroxylation is 1. The Morgan fingerprint density at radius 3 is 2.44 bits per heavy atom. The fraction of sp³-hybridized carbons (Fsp3) is 0.278. The van der Waals surface area contributed by atoms with Crippen LogP contribution in [0.15, 0.2) is 52.4 Å². The molecule has 0 bridgehead atoms. The highest BCUT2D eigenvalue weighted by atomic mass is 32.2. The number of thioether (sulfide) groups is 1. The van der Waals surface area contributed by atoms with Gasteiger partial charge in [-0.15, -0.1) is 11.8 Å². The molecule has 0 saturated carbocycles. The second-order valence-corrected chi connectivity index (χ2v) is 6.75. The van der Waals surface area contributed by atoms with Crippen molar-refractivity contribution in [3.8, 4) is 0 Å². The van der Waals surface area contributed by atoms with Crippen molar-refractivity contribution >= 4 is 34.4 Å². The van der Waals surface area contributed by atoms with Crippen LogP contribution in [0.3, 0.4) is 0 Å². The highest BCUT2D eigenvalue weighted by molar-refractivity contribution is 7.99. The average molecular weight is 356 g/mol. The second-order valence-electron chi connectivity index (χ2n) is 5.47. The maximum absolute atomic E-state index is 12.6. The highest BCUT2D eigenvalue weighted by Gasteiger charge is 2.14. The van der Waals surface area contributed by atoms with Crippen LogP contribution in [0.4, 0.5) is 5.69 Å². The van der Waals surface area contributed by atoms with Crippen LogP contribution in [-0.2, 0) is 17.9 Å². The number of imidazole rings is 1. The summed E-state index contributed by atoms with van der Waals surface area (Å²) in [5.41, 5.74) is 2.05. The Hall–Kier alpha value is -2.54.